The first-order valence-corrected chi connectivity index (χ1v) is 7.11. The van der Waals surface area contributed by atoms with E-state index in [0.29, 0.717) is 0 Å². The summed E-state index contributed by atoms with van der Waals surface area (Å²) in [6, 6.07) is 4.66. The molecule has 1 amide bonds. The number of carbonyl (C=O) groups excluding carboxylic acids is 1. The molecule has 0 heterocycles. The lowest BCUT2D eigenvalue weighted by molar-refractivity contribution is 0.0953. The summed E-state index contributed by atoms with van der Waals surface area (Å²) in [4.78, 5) is 11.6. The summed E-state index contributed by atoms with van der Waals surface area (Å²) in [6.45, 7) is 1.83. The monoisotopic (exact) mass is 257 g/mol. The van der Waals surface area contributed by atoms with E-state index in [4.69, 9.17) is 0 Å². The van der Waals surface area contributed by atoms with Crippen LogP contribution < -0.4 is 5.32 Å². The lowest BCUT2D eigenvalue weighted by atomic mass is 10.1. The smallest absolute Gasteiger partial charge is 0.255 e. The van der Waals surface area contributed by atoms with Gasteiger partial charge in [-0.1, -0.05) is 11.6 Å². The van der Waals surface area contributed by atoms with Gasteiger partial charge in [0.25, 0.3) is 5.91 Å². The molecule has 0 atom stereocenters. The fourth-order valence-corrected chi connectivity index (χ4v) is 1.75. The maximum Gasteiger partial charge on any atom is 0.255 e. The van der Waals surface area contributed by atoms with Crippen LogP contribution >= 0.6 is 0 Å². The number of sulfone groups is 1. The average Bonchev–Trinajstić information content (AvgIpc) is 2.19. The normalized spacial score (nSPS) is 11.2. The first kappa shape index (κ1) is 13.5. The van der Waals surface area contributed by atoms with E-state index >= 15 is 0 Å². The number of hydrogen-bond acceptors (Lipinski definition) is 4. The Labute approximate surface area is 100 Å². The van der Waals surface area contributed by atoms with Gasteiger partial charge in [0.1, 0.15) is 15.6 Å². The van der Waals surface area contributed by atoms with Gasteiger partial charge in [0, 0.05) is 12.8 Å². The van der Waals surface area contributed by atoms with Gasteiger partial charge in [0.15, 0.2) is 0 Å². The van der Waals surface area contributed by atoms with Crippen LogP contribution in [0.15, 0.2) is 18.2 Å². The fourth-order valence-electron chi connectivity index (χ4n) is 1.28. The molecule has 1 aromatic rings. The summed E-state index contributed by atoms with van der Waals surface area (Å²) in [5.74, 6) is -0.715. The van der Waals surface area contributed by atoms with Crippen molar-refractivity contribution in [3.05, 3.63) is 29.3 Å². The van der Waals surface area contributed by atoms with Crippen LogP contribution in [0.5, 0.6) is 5.75 Å². The van der Waals surface area contributed by atoms with Gasteiger partial charge in [-0.3, -0.25) is 4.79 Å². The Morgan fingerprint density at radius 3 is 2.65 bits per heavy atom. The molecule has 1 aromatic carbocycles. The van der Waals surface area contributed by atoms with E-state index in [9.17, 15) is 18.3 Å². The van der Waals surface area contributed by atoms with Gasteiger partial charge in [-0.05, 0) is 19.1 Å². The number of nitrogens with one attached hydrogen (secondary N) is 1. The van der Waals surface area contributed by atoms with Crippen LogP contribution in [0.4, 0.5) is 0 Å². The van der Waals surface area contributed by atoms with Crippen molar-refractivity contribution >= 4 is 15.7 Å². The highest BCUT2D eigenvalue weighted by Crippen LogP contribution is 2.17. The van der Waals surface area contributed by atoms with Gasteiger partial charge in [0.05, 0.1) is 11.3 Å². The fraction of sp³-hybridized carbons (Fsp3) is 0.364. The minimum atomic E-state index is -3.10. The predicted octanol–water partition coefficient (Wildman–Crippen LogP) is 0.475. The molecule has 0 unspecified atom stereocenters. The Bertz CT molecular complexity index is 522. The molecular weight excluding hydrogens is 242 g/mol. The van der Waals surface area contributed by atoms with Crippen molar-refractivity contribution in [2.45, 2.75) is 6.92 Å². The minimum Gasteiger partial charge on any atom is -0.507 e. The zero-order chi connectivity index (χ0) is 13.1. The second kappa shape index (κ2) is 5.18. The third kappa shape index (κ3) is 4.44. The van der Waals surface area contributed by atoms with E-state index in [1.54, 1.807) is 19.1 Å². The molecule has 0 saturated carbocycles. The summed E-state index contributed by atoms with van der Waals surface area (Å²) in [5, 5.41) is 11.9. The number of aromatic hydroxyl groups is 1. The molecule has 0 radical (unpaired) electrons. The highest BCUT2D eigenvalue weighted by molar-refractivity contribution is 7.90. The molecule has 0 fully saturated rings. The number of benzene rings is 1. The van der Waals surface area contributed by atoms with Gasteiger partial charge >= 0.3 is 0 Å². The molecule has 0 aliphatic carbocycles. The first-order valence-electron chi connectivity index (χ1n) is 5.05. The molecule has 0 aliphatic rings. The first-order chi connectivity index (χ1) is 7.79. The van der Waals surface area contributed by atoms with Crippen LogP contribution in [-0.4, -0.2) is 38.0 Å². The summed E-state index contributed by atoms with van der Waals surface area (Å²) in [5.41, 5.74) is 0.995. The van der Waals surface area contributed by atoms with Crippen molar-refractivity contribution in [3.8, 4) is 5.75 Å². The number of aryl methyl sites for hydroxylation is 1. The Morgan fingerprint density at radius 1 is 1.41 bits per heavy atom. The van der Waals surface area contributed by atoms with Crippen LogP contribution in [0.25, 0.3) is 0 Å². The largest absolute Gasteiger partial charge is 0.507 e. The molecule has 0 aromatic heterocycles. The zero-order valence-electron chi connectivity index (χ0n) is 9.73. The van der Waals surface area contributed by atoms with E-state index < -0.39 is 15.7 Å². The van der Waals surface area contributed by atoms with Gasteiger partial charge in [-0.2, -0.15) is 0 Å². The third-order valence-electron chi connectivity index (χ3n) is 2.16. The topological polar surface area (TPSA) is 83.5 Å². The Morgan fingerprint density at radius 2 is 2.06 bits per heavy atom. The van der Waals surface area contributed by atoms with Crippen molar-refractivity contribution in [1.29, 1.82) is 0 Å². The van der Waals surface area contributed by atoms with Crippen LogP contribution in [0.1, 0.15) is 15.9 Å². The second-order valence-electron chi connectivity index (χ2n) is 3.91. The van der Waals surface area contributed by atoms with E-state index in [2.05, 4.69) is 5.32 Å². The number of amides is 1. The molecule has 94 valence electrons. The van der Waals surface area contributed by atoms with E-state index in [1.807, 2.05) is 0 Å². The number of phenols is 1. The van der Waals surface area contributed by atoms with Crippen molar-refractivity contribution in [3.63, 3.8) is 0 Å². The van der Waals surface area contributed by atoms with Gasteiger partial charge < -0.3 is 10.4 Å². The molecule has 0 spiro atoms. The maximum atomic E-state index is 11.6. The Kier molecular flexibility index (Phi) is 4.11. The van der Waals surface area contributed by atoms with Crippen LogP contribution in [0.2, 0.25) is 0 Å². The molecule has 2 N–H and O–H groups in total. The molecule has 0 bridgehead atoms. The van der Waals surface area contributed by atoms with Crippen LogP contribution in [-0.2, 0) is 9.84 Å². The van der Waals surface area contributed by atoms with Crippen LogP contribution in [0.3, 0.4) is 0 Å². The number of carbonyl (C=O) groups is 1. The highest BCUT2D eigenvalue weighted by Gasteiger charge is 2.11. The van der Waals surface area contributed by atoms with Crippen molar-refractivity contribution in [1.82, 2.24) is 5.32 Å². The van der Waals surface area contributed by atoms with Gasteiger partial charge in [-0.25, -0.2) is 8.42 Å². The number of hydrogen-bond donors (Lipinski definition) is 2. The number of rotatable bonds is 4. The second-order valence-corrected chi connectivity index (χ2v) is 6.17. The molecular formula is C11H15NO4S. The Balaban J connectivity index is 2.67. The lowest BCUT2D eigenvalue weighted by Crippen LogP contribution is -2.28. The highest BCUT2D eigenvalue weighted by atomic mass is 32.2. The third-order valence-corrected chi connectivity index (χ3v) is 3.10. The molecule has 0 aliphatic heterocycles. The molecule has 0 saturated heterocycles. The van der Waals surface area contributed by atoms with Crippen LogP contribution in [0, 0.1) is 6.92 Å². The molecule has 17 heavy (non-hydrogen) atoms. The van der Waals surface area contributed by atoms with Crippen molar-refractivity contribution in [2.24, 2.45) is 0 Å². The summed E-state index contributed by atoms with van der Waals surface area (Å²) in [6.07, 6.45) is 1.10. The average molecular weight is 257 g/mol. The minimum absolute atomic E-state index is 0.0328. The molecule has 1 rings (SSSR count). The predicted molar refractivity (Wildman–Crippen MR) is 64.9 cm³/mol. The summed E-state index contributed by atoms with van der Waals surface area (Å²) >= 11 is 0. The lowest BCUT2D eigenvalue weighted by Gasteiger charge is -2.07. The van der Waals surface area contributed by atoms with E-state index in [1.165, 1.54) is 6.07 Å². The van der Waals surface area contributed by atoms with Gasteiger partial charge in [-0.15, -0.1) is 0 Å². The van der Waals surface area contributed by atoms with Crippen molar-refractivity contribution in [2.75, 3.05) is 18.6 Å². The SMILES string of the molecule is Cc1ccc(O)c(C(=O)NCCS(C)(=O)=O)c1. The standard InChI is InChI=1S/C11H15NO4S/c1-8-3-4-10(13)9(7-8)11(14)12-5-6-17(2,15)16/h3-4,7,13H,5-6H2,1-2H3,(H,12,14). The summed E-state index contributed by atoms with van der Waals surface area (Å²) in [7, 11) is -3.10. The quantitative estimate of drug-likeness (QED) is 0.821. The number of phenolic OH excluding ortho intramolecular Hbond substituents is 1. The van der Waals surface area contributed by atoms with E-state index in [-0.39, 0.29) is 23.6 Å². The summed E-state index contributed by atoms with van der Waals surface area (Å²) < 4.78 is 21.7. The van der Waals surface area contributed by atoms with E-state index in [0.717, 1.165) is 11.8 Å². The zero-order valence-corrected chi connectivity index (χ0v) is 10.5. The Hall–Kier alpha value is -1.56. The maximum absolute atomic E-state index is 11.6. The van der Waals surface area contributed by atoms with Crippen molar-refractivity contribution < 1.29 is 18.3 Å². The molecule has 5 nitrogen and oxygen atoms in total. The molecule has 6 heteroatoms. The van der Waals surface area contributed by atoms with Gasteiger partial charge in [0.2, 0.25) is 0 Å².